The first-order valence-corrected chi connectivity index (χ1v) is 29.0. The van der Waals surface area contributed by atoms with Crippen molar-refractivity contribution in [2.75, 3.05) is 6.61 Å². The summed E-state index contributed by atoms with van der Waals surface area (Å²) in [5.74, 6) is 0.0357. The van der Waals surface area contributed by atoms with Gasteiger partial charge >= 0.3 is 5.97 Å². The molecule has 2 heteroatoms. The van der Waals surface area contributed by atoms with Gasteiger partial charge in [0.05, 0.1) is 6.61 Å². The van der Waals surface area contributed by atoms with Gasteiger partial charge in [-0.2, -0.15) is 0 Å². The van der Waals surface area contributed by atoms with Crippen LogP contribution in [0.15, 0.2) is 0 Å². The second kappa shape index (κ2) is 56.5. The van der Waals surface area contributed by atoms with Crippen molar-refractivity contribution >= 4 is 5.97 Å². The van der Waals surface area contributed by atoms with Crippen molar-refractivity contribution in [3.63, 3.8) is 0 Å². The Morgan fingerprint density at radius 1 is 0.217 bits per heavy atom. The Morgan fingerprint density at radius 3 is 0.550 bits per heavy atom. The van der Waals surface area contributed by atoms with Gasteiger partial charge in [0.2, 0.25) is 0 Å². The molecule has 0 unspecified atom stereocenters. The highest BCUT2D eigenvalue weighted by molar-refractivity contribution is 5.69. The summed E-state index contributed by atoms with van der Waals surface area (Å²) in [7, 11) is 0. The number of hydrogen-bond acceptors (Lipinski definition) is 2. The van der Waals surface area contributed by atoms with Gasteiger partial charge in [0, 0.05) is 6.42 Å². The van der Waals surface area contributed by atoms with Crippen LogP contribution >= 0.6 is 0 Å². The molecule has 0 aliphatic heterocycles. The van der Waals surface area contributed by atoms with Crippen molar-refractivity contribution in [1.82, 2.24) is 0 Å². The van der Waals surface area contributed by atoms with Gasteiger partial charge in [-0.25, -0.2) is 0 Å². The van der Waals surface area contributed by atoms with Crippen LogP contribution in [-0.2, 0) is 9.53 Å². The number of rotatable bonds is 55. The molecule has 0 saturated carbocycles. The molecule has 0 aliphatic carbocycles. The molecule has 60 heavy (non-hydrogen) atoms. The van der Waals surface area contributed by atoms with Crippen LogP contribution in [0.1, 0.15) is 361 Å². The maximum Gasteiger partial charge on any atom is 0.305 e. The fourth-order valence-corrected chi connectivity index (χ4v) is 9.44. The number of unbranched alkanes of at least 4 members (excludes halogenated alkanes) is 51. The summed E-state index contributed by atoms with van der Waals surface area (Å²) in [6, 6.07) is 0. The molecule has 0 aliphatic rings. The number of ether oxygens (including phenoxy) is 1. The highest BCUT2D eigenvalue weighted by Crippen LogP contribution is 2.18. The van der Waals surface area contributed by atoms with Crippen molar-refractivity contribution in [3.05, 3.63) is 0 Å². The number of carbonyl (C=O) groups is 1. The normalized spacial score (nSPS) is 11.6. The molecule has 0 saturated heterocycles. The van der Waals surface area contributed by atoms with Crippen molar-refractivity contribution in [1.29, 1.82) is 0 Å². The standard InChI is InChI=1S/C58H116O2/c1-3-5-7-9-11-13-15-17-19-21-23-25-26-27-28-29-30-31-32-33-34-35-37-39-41-43-45-47-49-51-53-55-57-60-58(59)56-54-52-50-48-46-44-42-40-38-36-24-22-20-18-16-14-12-10-8-6-4-2/h3-57H2,1-2H3. The first kappa shape index (κ1) is 59.5. The Hall–Kier alpha value is -0.530. The molecule has 0 fully saturated rings. The summed E-state index contributed by atoms with van der Waals surface area (Å²) >= 11 is 0. The van der Waals surface area contributed by atoms with Crippen molar-refractivity contribution in [3.8, 4) is 0 Å². The highest BCUT2D eigenvalue weighted by Gasteiger charge is 2.03. The zero-order chi connectivity index (χ0) is 43.2. The lowest BCUT2D eigenvalue weighted by molar-refractivity contribution is -0.143. The lowest BCUT2D eigenvalue weighted by Crippen LogP contribution is -2.05. The average Bonchev–Trinajstić information content (AvgIpc) is 3.25. The fraction of sp³-hybridized carbons (Fsp3) is 0.983. The van der Waals surface area contributed by atoms with Crippen LogP contribution in [0.3, 0.4) is 0 Å². The monoisotopic (exact) mass is 845 g/mol. The van der Waals surface area contributed by atoms with Crippen molar-refractivity contribution in [2.24, 2.45) is 0 Å². The summed E-state index contributed by atoms with van der Waals surface area (Å²) in [6.45, 7) is 5.25. The van der Waals surface area contributed by atoms with E-state index in [0.29, 0.717) is 13.0 Å². The van der Waals surface area contributed by atoms with Gasteiger partial charge in [-0.1, -0.05) is 341 Å². The van der Waals surface area contributed by atoms with Crippen LogP contribution in [0.25, 0.3) is 0 Å². The van der Waals surface area contributed by atoms with Crippen LogP contribution in [-0.4, -0.2) is 12.6 Å². The van der Waals surface area contributed by atoms with Crippen LogP contribution in [0.2, 0.25) is 0 Å². The first-order chi connectivity index (χ1) is 29.8. The number of hydrogen-bond donors (Lipinski definition) is 0. The van der Waals surface area contributed by atoms with E-state index in [0.717, 1.165) is 12.8 Å². The summed E-state index contributed by atoms with van der Waals surface area (Å²) < 4.78 is 5.51. The lowest BCUT2D eigenvalue weighted by atomic mass is 10.0. The van der Waals surface area contributed by atoms with E-state index in [1.807, 2.05) is 0 Å². The van der Waals surface area contributed by atoms with Gasteiger partial charge in [-0.05, 0) is 12.8 Å². The maximum absolute atomic E-state index is 12.1. The van der Waals surface area contributed by atoms with Gasteiger partial charge in [0.25, 0.3) is 0 Å². The third-order valence-corrected chi connectivity index (χ3v) is 13.7. The SMILES string of the molecule is CCCCCCCCCCCCCCCCCCCCCCCCCCCCCCCCCCOC(=O)CCCCCCCCCCCCCCCCCCCCCCC. The molecule has 0 rings (SSSR count). The van der Waals surface area contributed by atoms with E-state index in [9.17, 15) is 4.79 Å². The molecule has 0 N–H and O–H groups in total. The molecule has 0 bridgehead atoms. The topological polar surface area (TPSA) is 26.3 Å². The summed E-state index contributed by atoms with van der Waals surface area (Å²) in [4.78, 5) is 12.1. The van der Waals surface area contributed by atoms with Crippen molar-refractivity contribution in [2.45, 2.75) is 361 Å². The summed E-state index contributed by atoms with van der Waals surface area (Å²) in [6.07, 6.45) is 75.8. The summed E-state index contributed by atoms with van der Waals surface area (Å²) in [5.41, 5.74) is 0. The molecular formula is C58H116O2. The van der Waals surface area contributed by atoms with Gasteiger partial charge < -0.3 is 4.74 Å². The Kier molecular flexibility index (Phi) is 56.0. The van der Waals surface area contributed by atoms with Crippen LogP contribution in [0.5, 0.6) is 0 Å². The maximum atomic E-state index is 12.1. The van der Waals surface area contributed by atoms with Crippen LogP contribution in [0, 0.1) is 0 Å². The highest BCUT2D eigenvalue weighted by atomic mass is 16.5. The Morgan fingerprint density at radius 2 is 0.367 bits per heavy atom. The Bertz CT molecular complexity index is 747. The third-order valence-electron chi connectivity index (χ3n) is 13.7. The molecule has 360 valence electrons. The molecule has 0 aromatic carbocycles. The third kappa shape index (κ3) is 55.5. The minimum absolute atomic E-state index is 0.0357. The molecule has 0 aromatic rings. The zero-order valence-electron chi connectivity index (χ0n) is 42.2. The van der Waals surface area contributed by atoms with Gasteiger partial charge in [0.1, 0.15) is 0 Å². The second-order valence-electron chi connectivity index (χ2n) is 20.0. The molecule has 0 spiro atoms. The quantitative estimate of drug-likeness (QED) is 0.0450. The first-order valence-electron chi connectivity index (χ1n) is 29.0. The van der Waals surface area contributed by atoms with Gasteiger partial charge in [-0.3, -0.25) is 4.79 Å². The van der Waals surface area contributed by atoms with Crippen LogP contribution < -0.4 is 0 Å². The van der Waals surface area contributed by atoms with E-state index in [1.54, 1.807) is 0 Å². The second-order valence-corrected chi connectivity index (χ2v) is 20.0. The van der Waals surface area contributed by atoms with E-state index < -0.39 is 0 Å². The lowest BCUT2D eigenvalue weighted by Gasteiger charge is -2.06. The van der Waals surface area contributed by atoms with Gasteiger partial charge in [-0.15, -0.1) is 0 Å². The molecule has 0 atom stereocenters. The van der Waals surface area contributed by atoms with Crippen LogP contribution in [0.4, 0.5) is 0 Å². The predicted octanol–water partition coefficient (Wildman–Crippen LogP) is 21.6. The Balaban J connectivity index is 3.13. The largest absolute Gasteiger partial charge is 0.466 e. The van der Waals surface area contributed by atoms with E-state index in [2.05, 4.69) is 13.8 Å². The Labute approximate surface area is 381 Å². The molecule has 0 heterocycles. The smallest absolute Gasteiger partial charge is 0.305 e. The minimum Gasteiger partial charge on any atom is -0.466 e. The zero-order valence-corrected chi connectivity index (χ0v) is 42.2. The number of esters is 1. The fourth-order valence-electron chi connectivity index (χ4n) is 9.44. The molecule has 2 nitrogen and oxygen atoms in total. The molecule has 0 radical (unpaired) electrons. The molecule has 0 aromatic heterocycles. The van der Waals surface area contributed by atoms with Gasteiger partial charge in [0.15, 0.2) is 0 Å². The van der Waals surface area contributed by atoms with E-state index in [-0.39, 0.29) is 5.97 Å². The predicted molar refractivity (Wildman–Crippen MR) is 272 cm³/mol. The summed E-state index contributed by atoms with van der Waals surface area (Å²) in [5, 5.41) is 0. The van der Waals surface area contributed by atoms with E-state index in [4.69, 9.17) is 4.74 Å². The molecular weight excluding hydrogens is 729 g/mol. The molecule has 0 amide bonds. The average molecular weight is 846 g/mol. The minimum atomic E-state index is 0.0357. The number of carbonyl (C=O) groups excluding carboxylic acids is 1. The van der Waals surface area contributed by atoms with E-state index >= 15 is 0 Å². The van der Waals surface area contributed by atoms with Crippen molar-refractivity contribution < 1.29 is 9.53 Å². The van der Waals surface area contributed by atoms with E-state index in [1.165, 1.54) is 327 Å².